The molecule has 2 N–H and O–H groups in total. The summed E-state index contributed by atoms with van der Waals surface area (Å²) in [7, 11) is 0. The standard InChI is InChI=1S/C18H28N2O2/c1-13(17(21)20-10-8-15(19)9-11-20)22-16-7-5-6-14(12-16)18(2,3)4/h5-7,12-13,15H,8-11,19H2,1-4H3. The smallest absolute Gasteiger partial charge is 0.263 e. The first-order valence-electron chi connectivity index (χ1n) is 8.09. The van der Waals surface area contributed by atoms with Crippen molar-refractivity contribution in [2.75, 3.05) is 13.1 Å². The van der Waals surface area contributed by atoms with Gasteiger partial charge in [-0.3, -0.25) is 4.79 Å². The molecule has 1 saturated heterocycles. The highest BCUT2D eigenvalue weighted by atomic mass is 16.5. The number of rotatable bonds is 3. The second kappa shape index (κ2) is 6.69. The Morgan fingerprint density at radius 3 is 2.55 bits per heavy atom. The van der Waals surface area contributed by atoms with Gasteiger partial charge in [-0.15, -0.1) is 0 Å². The van der Waals surface area contributed by atoms with Crippen LogP contribution in [0.5, 0.6) is 5.75 Å². The second-order valence-corrected chi connectivity index (χ2v) is 7.20. The highest BCUT2D eigenvalue weighted by Crippen LogP contribution is 2.26. The molecule has 1 unspecified atom stereocenters. The molecule has 1 heterocycles. The molecule has 2 rings (SSSR count). The highest BCUT2D eigenvalue weighted by Gasteiger charge is 2.26. The Balaban J connectivity index is 1.99. The maximum absolute atomic E-state index is 12.5. The van der Waals surface area contributed by atoms with Gasteiger partial charge < -0.3 is 15.4 Å². The normalized spacial score (nSPS) is 18.1. The van der Waals surface area contributed by atoms with Gasteiger partial charge in [0.05, 0.1) is 0 Å². The van der Waals surface area contributed by atoms with Gasteiger partial charge >= 0.3 is 0 Å². The molecule has 1 fully saturated rings. The van der Waals surface area contributed by atoms with Crippen LogP contribution in [-0.4, -0.2) is 36.0 Å². The molecule has 22 heavy (non-hydrogen) atoms. The Morgan fingerprint density at radius 1 is 1.32 bits per heavy atom. The fraction of sp³-hybridized carbons (Fsp3) is 0.611. The lowest BCUT2D eigenvalue weighted by molar-refractivity contribution is -0.139. The first-order valence-corrected chi connectivity index (χ1v) is 8.09. The molecule has 4 nitrogen and oxygen atoms in total. The second-order valence-electron chi connectivity index (χ2n) is 7.20. The molecule has 1 aromatic carbocycles. The number of nitrogens with zero attached hydrogens (tertiary/aromatic N) is 1. The number of carbonyl (C=O) groups excluding carboxylic acids is 1. The Kier molecular flexibility index (Phi) is 5.12. The van der Waals surface area contributed by atoms with E-state index in [1.54, 1.807) is 0 Å². The minimum atomic E-state index is -0.468. The van der Waals surface area contributed by atoms with Crippen LogP contribution in [0.25, 0.3) is 0 Å². The van der Waals surface area contributed by atoms with Gasteiger partial charge in [-0.1, -0.05) is 32.9 Å². The van der Waals surface area contributed by atoms with E-state index in [0.717, 1.165) is 31.7 Å². The fourth-order valence-electron chi connectivity index (χ4n) is 2.67. The van der Waals surface area contributed by atoms with Crippen molar-refractivity contribution in [2.24, 2.45) is 5.73 Å². The fourth-order valence-corrected chi connectivity index (χ4v) is 2.67. The number of benzene rings is 1. The number of ether oxygens (including phenoxy) is 1. The molecular formula is C18H28N2O2. The topological polar surface area (TPSA) is 55.6 Å². The molecule has 4 heteroatoms. The van der Waals surface area contributed by atoms with Gasteiger partial charge in [0.2, 0.25) is 0 Å². The zero-order valence-electron chi connectivity index (χ0n) is 14.1. The van der Waals surface area contributed by atoms with E-state index >= 15 is 0 Å². The zero-order chi connectivity index (χ0) is 16.3. The third kappa shape index (κ3) is 4.23. The first kappa shape index (κ1) is 16.8. The van der Waals surface area contributed by atoms with Crippen molar-refractivity contribution in [1.82, 2.24) is 4.90 Å². The minimum Gasteiger partial charge on any atom is -0.481 e. The van der Waals surface area contributed by atoms with Crippen LogP contribution in [0.3, 0.4) is 0 Å². The largest absolute Gasteiger partial charge is 0.481 e. The van der Waals surface area contributed by atoms with E-state index in [1.165, 1.54) is 5.56 Å². The lowest BCUT2D eigenvalue weighted by Crippen LogP contribution is -2.47. The number of hydrogen-bond donors (Lipinski definition) is 1. The van der Waals surface area contributed by atoms with Crippen LogP contribution < -0.4 is 10.5 Å². The van der Waals surface area contributed by atoms with Crippen molar-refractivity contribution >= 4 is 5.91 Å². The van der Waals surface area contributed by atoms with Gasteiger partial charge in [0.25, 0.3) is 5.91 Å². The average molecular weight is 304 g/mol. The maximum atomic E-state index is 12.5. The first-order chi connectivity index (χ1) is 10.3. The Labute approximate surface area is 133 Å². The summed E-state index contributed by atoms with van der Waals surface area (Å²) in [6.07, 6.45) is 1.28. The summed E-state index contributed by atoms with van der Waals surface area (Å²) in [5.74, 6) is 0.801. The van der Waals surface area contributed by atoms with Crippen molar-refractivity contribution in [1.29, 1.82) is 0 Å². The predicted molar refractivity (Wildman–Crippen MR) is 89.0 cm³/mol. The number of carbonyl (C=O) groups is 1. The number of nitrogens with two attached hydrogens (primary N) is 1. The van der Waals surface area contributed by atoms with Crippen LogP contribution in [0.2, 0.25) is 0 Å². The van der Waals surface area contributed by atoms with Crippen molar-refractivity contribution in [2.45, 2.75) is 58.1 Å². The van der Waals surface area contributed by atoms with E-state index in [4.69, 9.17) is 10.5 Å². The van der Waals surface area contributed by atoms with Gasteiger partial charge in [-0.05, 0) is 42.9 Å². The van der Waals surface area contributed by atoms with Gasteiger partial charge in [0, 0.05) is 19.1 Å². The summed E-state index contributed by atoms with van der Waals surface area (Å²) in [5.41, 5.74) is 7.15. The summed E-state index contributed by atoms with van der Waals surface area (Å²) in [6.45, 7) is 9.78. The van der Waals surface area contributed by atoms with Crippen molar-refractivity contribution in [3.05, 3.63) is 29.8 Å². The van der Waals surface area contributed by atoms with Gasteiger partial charge in [-0.2, -0.15) is 0 Å². The predicted octanol–water partition coefficient (Wildman–Crippen LogP) is 2.70. The van der Waals surface area contributed by atoms with E-state index < -0.39 is 6.10 Å². The molecule has 0 aromatic heterocycles. The van der Waals surface area contributed by atoms with Crippen molar-refractivity contribution in [3.63, 3.8) is 0 Å². The number of likely N-dealkylation sites (tertiary alicyclic amines) is 1. The van der Waals surface area contributed by atoms with Gasteiger partial charge in [-0.25, -0.2) is 0 Å². The number of amides is 1. The molecule has 0 aliphatic carbocycles. The Hall–Kier alpha value is -1.55. The summed E-state index contributed by atoms with van der Waals surface area (Å²) in [6, 6.07) is 8.23. The van der Waals surface area contributed by atoms with Crippen LogP contribution in [0.15, 0.2) is 24.3 Å². The molecule has 0 spiro atoms. The molecule has 1 aliphatic heterocycles. The molecule has 1 aliphatic rings. The highest BCUT2D eigenvalue weighted by molar-refractivity contribution is 5.81. The average Bonchev–Trinajstić information content (AvgIpc) is 2.46. The molecule has 1 aromatic rings. The summed E-state index contributed by atoms with van der Waals surface area (Å²) in [5, 5.41) is 0. The third-order valence-corrected chi connectivity index (χ3v) is 4.21. The Bertz CT molecular complexity index is 514. The van der Waals surface area contributed by atoms with Crippen molar-refractivity contribution < 1.29 is 9.53 Å². The summed E-state index contributed by atoms with van der Waals surface area (Å²) in [4.78, 5) is 14.3. The van der Waals surface area contributed by atoms with Crippen LogP contribution in [0, 0.1) is 0 Å². The van der Waals surface area contributed by atoms with E-state index in [0.29, 0.717) is 0 Å². The monoisotopic (exact) mass is 304 g/mol. The number of hydrogen-bond acceptors (Lipinski definition) is 3. The lowest BCUT2D eigenvalue weighted by atomic mass is 9.87. The summed E-state index contributed by atoms with van der Waals surface area (Å²) >= 11 is 0. The molecule has 1 amide bonds. The van der Waals surface area contributed by atoms with Crippen LogP contribution in [0.4, 0.5) is 0 Å². The maximum Gasteiger partial charge on any atom is 0.263 e. The molecule has 0 saturated carbocycles. The molecule has 0 bridgehead atoms. The van der Waals surface area contributed by atoms with Gasteiger partial charge in [0.15, 0.2) is 6.10 Å². The zero-order valence-corrected chi connectivity index (χ0v) is 14.1. The SMILES string of the molecule is CC(Oc1cccc(C(C)(C)C)c1)C(=O)N1CCC(N)CC1. The quantitative estimate of drug-likeness (QED) is 0.934. The van der Waals surface area contributed by atoms with Crippen LogP contribution in [0.1, 0.15) is 46.1 Å². The Morgan fingerprint density at radius 2 is 1.95 bits per heavy atom. The van der Waals surface area contributed by atoms with E-state index in [2.05, 4.69) is 26.8 Å². The molecule has 122 valence electrons. The van der Waals surface area contributed by atoms with Crippen LogP contribution in [-0.2, 0) is 10.2 Å². The minimum absolute atomic E-state index is 0.0491. The molecular weight excluding hydrogens is 276 g/mol. The number of piperidine rings is 1. The summed E-state index contributed by atoms with van der Waals surface area (Å²) < 4.78 is 5.87. The van der Waals surface area contributed by atoms with Crippen LogP contribution >= 0.6 is 0 Å². The van der Waals surface area contributed by atoms with Gasteiger partial charge in [0.1, 0.15) is 5.75 Å². The molecule has 0 radical (unpaired) electrons. The van der Waals surface area contributed by atoms with E-state index in [-0.39, 0.29) is 17.4 Å². The van der Waals surface area contributed by atoms with Crippen molar-refractivity contribution in [3.8, 4) is 5.75 Å². The molecule has 1 atom stereocenters. The third-order valence-electron chi connectivity index (χ3n) is 4.21. The van der Waals surface area contributed by atoms with E-state index in [9.17, 15) is 4.79 Å². The lowest BCUT2D eigenvalue weighted by Gasteiger charge is -2.32. The van der Waals surface area contributed by atoms with E-state index in [1.807, 2.05) is 30.0 Å².